The fraction of sp³-hybridized carbons (Fsp3) is 0.647. The number of nitrogens with zero attached hydrogens (tertiary/aromatic N) is 8. The molecule has 0 unspecified atom stereocenters. The van der Waals surface area contributed by atoms with Crippen LogP contribution in [0, 0.1) is 0 Å². The molecule has 18 nitrogen and oxygen atoms in total. The van der Waals surface area contributed by atoms with Crippen LogP contribution in [0.15, 0.2) is 24.3 Å². The van der Waals surface area contributed by atoms with Gasteiger partial charge in [-0.05, 0) is 11.1 Å². The molecule has 1 aromatic carbocycles. The van der Waals surface area contributed by atoms with Gasteiger partial charge in [0, 0.05) is 118 Å². The third-order valence-corrected chi connectivity index (χ3v) is 9.28. The highest BCUT2D eigenvalue weighted by molar-refractivity contribution is 5.70. The van der Waals surface area contributed by atoms with Gasteiger partial charge in [-0.3, -0.25) is 58.2 Å². The van der Waals surface area contributed by atoms with Crippen molar-refractivity contribution in [3.05, 3.63) is 35.4 Å². The van der Waals surface area contributed by atoms with Crippen LogP contribution in [0.2, 0.25) is 0 Å². The highest BCUT2D eigenvalue weighted by Crippen LogP contribution is 2.13. The van der Waals surface area contributed by atoms with Gasteiger partial charge >= 0.3 is 23.9 Å². The maximum atomic E-state index is 11.6. The van der Waals surface area contributed by atoms with E-state index in [1.54, 1.807) is 29.4 Å². The zero-order chi connectivity index (χ0) is 37.9. The van der Waals surface area contributed by atoms with Crippen molar-refractivity contribution in [1.29, 1.82) is 0 Å². The minimum Gasteiger partial charge on any atom is -0.480 e. The molecule has 3 rings (SSSR count). The quantitative estimate of drug-likeness (QED) is 0.149. The smallest absolute Gasteiger partial charge is 0.317 e. The number of rotatable bonds is 14. The molecular formula is C34H54N8O10. The lowest BCUT2D eigenvalue weighted by Crippen LogP contribution is -2.47. The summed E-state index contributed by atoms with van der Waals surface area (Å²) in [7, 11) is 0. The van der Waals surface area contributed by atoms with Crippen LogP contribution in [0.25, 0.3) is 0 Å². The molecule has 2 saturated heterocycles. The molecule has 0 saturated carbocycles. The van der Waals surface area contributed by atoms with Crippen LogP contribution in [0.4, 0.5) is 0 Å². The average Bonchev–Trinajstić information content (AvgIpc) is 3.07. The number of carbonyl (C=O) groups excluding carboxylic acids is 2. The summed E-state index contributed by atoms with van der Waals surface area (Å²) in [5.41, 5.74) is 2.02. The molecule has 0 aliphatic carbocycles. The van der Waals surface area contributed by atoms with Crippen LogP contribution < -0.4 is 0 Å². The predicted octanol–water partition coefficient (Wildman–Crippen LogP) is -2.22. The van der Waals surface area contributed by atoms with Gasteiger partial charge in [0.2, 0.25) is 12.8 Å². The molecule has 2 aliphatic rings. The van der Waals surface area contributed by atoms with E-state index in [2.05, 4.69) is 15.9 Å². The monoisotopic (exact) mass is 734 g/mol. The van der Waals surface area contributed by atoms with Crippen molar-refractivity contribution in [2.75, 3.05) is 131 Å². The van der Waals surface area contributed by atoms with Crippen LogP contribution in [-0.4, -0.2) is 227 Å². The van der Waals surface area contributed by atoms with E-state index >= 15 is 0 Å². The van der Waals surface area contributed by atoms with Crippen LogP contribution in [-0.2, 0) is 41.9 Å². The van der Waals surface area contributed by atoms with Gasteiger partial charge in [0.1, 0.15) is 0 Å². The summed E-state index contributed by atoms with van der Waals surface area (Å²) in [4.78, 5) is 84.3. The Bertz CT molecular complexity index is 1170. The van der Waals surface area contributed by atoms with Gasteiger partial charge in [-0.25, -0.2) is 0 Å². The normalized spacial score (nSPS) is 19.8. The summed E-state index contributed by atoms with van der Waals surface area (Å²) in [6.07, 6.45) is 1.42. The van der Waals surface area contributed by atoms with Gasteiger partial charge in [0.05, 0.1) is 26.2 Å². The van der Waals surface area contributed by atoms with Crippen molar-refractivity contribution in [1.82, 2.24) is 39.2 Å². The number of amides is 2. The van der Waals surface area contributed by atoms with Gasteiger partial charge in [0.25, 0.3) is 0 Å². The van der Waals surface area contributed by atoms with E-state index < -0.39 is 23.9 Å². The third kappa shape index (κ3) is 16.9. The first-order valence-corrected chi connectivity index (χ1v) is 17.6. The molecule has 4 N–H and O–H groups in total. The topological polar surface area (TPSA) is 209 Å². The minimum atomic E-state index is -0.960. The highest BCUT2D eigenvalue weighted by atomic mass is 16.4. The molecule has 290 valence electrons. The van der Waals surface area contributed by atoms with Crippen LogP contribution in [0.3, 0.4) is 0 Å². The zero-order valence-corrected chi connectivity index (χ0v) is 29.8. The van der Waals surface area contributed by atoms with E-state index in [1.165, 1.54) is 0 Å². The molecule has 0 spiro atoms. The Hall–Kier alpha value is -4.20. The molecule has 0 aromatic heterocycles. The average molecular weight is 735 g/mol. The van der Waals surface area contributed by atoms with Crippen LogP contribution >= 0.6 is 0 Å². The minimum absolute atomic E-state index is 0.167. The maximum Gasteiger partial charge on any atom is 0.317 e. The second-order valence-electron chi connectivity index (χ2n) is 13.3. The van der Waals surface area contributed by atoms with E-state index in [-0.39, 0.29) is 26.2 Å². The molecule has 2 aliphatic heterocycles. The Morgan fingerprint density at radius 1 is 0.442 bits per heavy atom. The molecule has 2 fully saturated rings. The fourth-order valence-electron chi connectivity index (χ4n) is 6.37. The van der Waals surface area contributed by atoms with Crippen LogP contribution in [0.5, 0.6) is 0 Å². The van der Waals surface area contributed by atoms with Crippen molar-refractivity contribution in [3.8, 4) is 0 Å². The van der Waals surface area contributed by atoms with Gasteiger partial charge in [0.15, 0.2) is 0 Å². The zero-order valence-electron chi connectivity index (χ0n) is 29.8. The largest absolute Gasteiger partial charge is 0.480 e. The van der Waals surface area contributed by atoms with E-state index in [4.69, 9.17) is 0 Å². The van der Waals surface area contributed by atoms with E-state index in [0.29, 0.717) is 131 Å². The lowest BCUT2D eigenvalue weighted by atomic mass is 10.1. The first kappa shape index (κ1) is 42.2. The lowest BCUT2D eigenvalue weighted by molar-refractivity contribution is -0.139. The third-order valence-electron chi connectivity index (χ3n) is 9.28. The number of aliphatic carboxylic acids is 4. The van der Waals surface area contributed by atoms with Gasteiger partial charge < -0.3 is 30.2 Å². The van der Waals surface area contributed by atoms with Crippen molar-refractivity contribution >= 4 is 36.7 Å². The first-order valence-electron chi connectivity index (χ1n) is 17.6. The Morgan fingerprint density at radius 2 is 0.692 bits per heavy atom. The second-order valence-corrected chi connectivity index (χ2v) is 13.3. The first-order chi connectivity index (χ1) is 24.9. The molecule has 0 atom stereocenters. The molecule has 18 heteroatoms. The molecule has 1 aromatic rings. The van der Waals surface area contributed by atoms with E-state index in [1.807, 2.05) is 18.2 Å². The number of hydrogen-bond donors (Lipinski definition) is 4. The summed E-state index contributed by atoms with van der Waals surface area (Å²) in [6.45, 7) is 7.02. The maximum absolute atomic E-state index is 11.6. The van der Waals surface area contributed by atoms with Gasteiger partial charge in [-0.15, -0.1) is 0 Å². The standard InChI is InChI=1S/C34H54N8O10/c43-27-41-16-12-37(23-31(45)46)8-4-35(5-9-38(13-17-41)24-32(47)48)21-29-2-1-3-30(20-29)22-36-6-10-39(25-33(49)50)14-18-42(28-44)19-15-40(11-7-36)26-34(51)52/h1-3,20,27-28H,4-19,21-26H2,(H,45,46)(H,47,48)(H,49,50)(H,51,52). The SMILES string of the molecule is O=CN1CCN(CC(=O)O)CCN(Cc2cccc(CN3CCN(CC(=O)O)CCN(C=O)CCN(CC(=O)O)CC3)c2)CCN(CC(=O)O)CC1. The van der Waals surface area contributed by atoms with Crippen molar-refractivity contribution in [2.24, 2.45) is 0 Å². The van der Waals surface area contributed by atoms with Gasteiger partial charge in [-0.1, -0.05) is 24.3 Å². The number of hydrogen-bond acceptors (Lipinski definition) is 12. The fourth-order valence-corrected chi connectivity index (χ4v) is 6.37. The molecule has 0 bridgehead atoms. The summed E-state index contributed by atoms with van der Waals surface area (Å²) in [6, 6.07) is 8.05. The molecule has 0 radical (unpaired) electrons. The van der Waals surface area contributed by atoms with Crippen LogP contribution in [0.1, 0.15) is 11.1 Å². The summed E-state index contributed by atoms with van der Waals surface area (Å²) < 4.78 is 0. The van der Waals surface area contributed by atoms with E-state index in [9.17, 15) is 49.2 Å². The van der Waals surface area contributed by atoms with Gasteiger partial charge in [-0.2, -0.15) is 0 Å². The highest BCUT2D eigenvalue weighted by Gasteiger charge is 2.21. The Labute approximate surface area is 304 Å². The van der Waals surface area contributed by atoms with E-state index in [0.717, 1.165) is 11.1 Å². The second kappa shape index (κ2) is 22.7. The summed E-state index contributed by atoms with van der Waals surface area (Å²) in [5.74, 6) is -3.84. The Kier molecular flexibility index (Phi) is 18.4. The van der Waals surface area contributed by atoms with Crippen molar-refractivity contribution in [3.63, 3.8) is 0 Å². The lowest BCUT2D eigenvalue weighted by Gasteiger charge is -2.33. The molecular weight excluding hydrogens is 680 g/mol. The summed E-state index contributed by atoms with van der Waals surface area (Å²) >= 11 is 0. The Morgan fingerprint density at radius 3 is 0.942 bits per heavy atom. The number of benzene rings is 1. The number of carboxylic acids is 4. The molecule has 52 heavy (non-hydrogen) atoms. The number of carbonyl (C=O) groups is 6. The van der Waals surface area contributed by atoms with Crippen molar-refractivity contribution < 1.29 is 49.2 Å². The summed E-state index contributed by atoms with van der Waals surface area (Å²) in [5, 5.41) is 38.0. The number of carboxylic acid groups (broad SMARTS) is 4. The van der Waals surface area contributed by atoms with Crippen molar-refractivity contribution in [2.45, 2.75) is 13.1 Å². The predicted molar refractivity (Wildman–Crippen MR) is 189 cm³/mol. The molecule has 2 heterocycles. The molecule has 2 amide bonds. The Balaban J connectivity index is 1.78.